The van der Waals surface area contributed by atoms with Gasteiger partial charge in [-0.25, -0.2) is 0 Å². The first-order valence-electron chi connectivity index (χ1n) is 7.46. The number of nitrogens with zero attached hydrogens (tertiary/aromatic N) is 1. The van der Waals surface area contributed by atoms with Crippen LogP contribution in [-0.4, -0.2) is 10.1 Å². The quantitative estimate of drug-likeness (QED) is 0.919. The summed E-state index contributed by atoms with van der Waals surface area (Å²) in [5.41, 5.74) is 1.59. The van der Waals surface area contributed by atoms with Gasteiger partial charge in [-0.1, -0.05) is 49.2 Å². The van der Waals surface area contributed by atoms with Crippen LogP contribution in [-0.2, 0) is 12.0 Å². The lowest BCUT2D eigenvalue weighted by Gasteiger charge is -2.40. The molecule has 1 fully saturated rings. The van der Waals surface area contributed by atoms with E-state index >= 15 is 0 Å². The maximum absolute atomic E-state index is 11.2. The predicted octanol–water partition coefficient (Wildman–Crippen LogP) is 3.70. The van der Waals surface area contributed by atoms with Gasteiger partial charge < -0.3 is 5.11 Å². The van der Waals surface area contributed by atoms with Crippen molar-refractivity contribution in [2.24, 2.45) is 5.92 Å². The van der Waals surface area contributed by atoms with E-state index in [1.54, 1.807) is 6.20 Å². The molecule has 0 spiro atoms. The van der Waals surface area contributed by atoms with Crippen LogP contribution in [0.25, 0.3) is 0 Å². The number of hydrogen-bond acceptors (Lipinski definition) is 2. The standard InChI is InChI=1S/C18H21NO/c20-18(16-8-2-1-3-9-16)11-5-4-10-17(18)13-15-7-6-12-19-14-15/h1-3,6-9,12,14,17,20H,4-5,10-11,13H2/t17-,18+/m1/s1. The minimum absolute atomic E-state index is 0.280. The van der Waals surface area contributed by atoms with Gasteiger partial charge in [-0.3, -0.25) is 4.98 Å². The van der Waals surface area contributed by atoms with E-state index in [1.165, 1.54) is 12.0 Å². The molecule has 1 aliphatic carbocycles. The van der Waals surface area contributed by atoms with Gasteiger partial charge in [-0.05, 0) is 42.4 Å². The first-order chi connectivity index (χ1) is 9.79. The molecule has 0 bridgehead atoms. The Kier molecular flexibility index (Phi) is 3.83. The van der Waals surface area contributed by atoms with E-state index in [9.17, 15) is 5.11 Å². The zero-order chi connectivity index (χ0) is 13.8. The molecule has 0 amide bonds. The van der Waals surface area contributed by atoms with E-state index in [0.717, 1.165) is 31.2 Å². The topological polar surface area (TPSA) is 33.1 Å². The zero-order valence-electron chi connectivity index (χ0n) is 11.7. The second-order valence-corrected chi connectivity index (χ2v) is 5.80. The molecule has 3 rings (SSSR count). The number of pyridine rings is 1. The van der Waals surface area contributed by atoms with Crippen LogP contribution < -0.4 is 0 Å². The van der Waals surface area contributed by atoms with E-state index < -0.39 is 5.60 Å². The SMILES string of the molecule is O[C@]1(c2ccccc2)CCCC[C@@H]1Cc1cccnc1. The fourth-order valence-electron chi connectivity index (χ4n) is 3.41. The molecule has 2 atom stereocenters. The predicted molar refractivity (Wildman–Crippen MR) is 80.2 cm³/mol. The van der Waals surface area contributed by atoms with Crippen LogP contribution in [0.4, 0.5) is 0 Å². The zero-order valence-corrected chi connectivity index (χ0v) is 11.7. The van der Waals surface area contributed by atoms with E-state index in [-0.39, 0.29) is 5.92 Å². The van der Waals surface area contributed by atoms with Crippen LogP contribution >= 0.6 is 0 Å². The van der Waals surface area contributed by atoms with Crippen molar-refractivity contribution in [3.05, 3.63) is 66.0 Å². The number of hydrogen-bond donors (Lipinski definition) is 1. The summed E-state index contributed by atoms with van der Waals surface area (Å²) in [5, 5.41) is 11.2. The Labute approximate surface area is 120 Å². The van der Waals surface area contributed by atoms with Crippen molar-refractivity contribution >= 4 is 0 Å². The molecule has 2 aromatic rings. The Balaban J connectivity index is 1.87. The molecule has 2 nitrogen and oxygen atoms in total. The third kappa shape index (κ3) is 2.61. The van der Waals surface area contributed by atoms with Gasteiger partial charge in [-0.15, -0.1) is 0 Å². The average molecular weight is 267 g/mol. The Morgan fingerprint density at radius 3 is 2.70 bits per heavy atom. The maximum Gasteiger partial charge on any atom is 0.0927 e. The summed E-state index contributed by atoms with van der Waals surface area (Å²) in [6.07, 6.45) is 8.88. The monoisotopic (exact) mass is 267 g/mol. The van der Waals surface area contributed by atoms with Crippen LogP contribution in [0.5, 0.6) is 0 Å². The molecule has 0 unspecified atom stereocenters. The van der Waals surface area contributed by atoms with Gasteiger partial charge in [0.2, 0.25) is 0 Å². The highest BCUT2D eigenvalue weighted by molar-refractivity contribution is 5.25. The first kappa shape index (κ1) is 13.3. The molecule has 0 radical (unpaired) electrons. The van der Waals surface area contributed by atoms with Gasteiger partial charge in [0.05, 0.1) is 5.60 Å². The molecule has 2 heteroatoms. The first-order valence-corrected chi connectivity index (χ1v) is 7.46. The van der Waals surface area contributed by atoms with Crippen molar-refractivity contribution in [3.63, 3.8) is 0 Å². The summed E-state index contributed by atoms with van der Waals surface area (Å²) in [4.78, 5) is 4.19. The van der Waals surface area contributed by atoms with Gasteiger partial charge >= 0.3 is 0 Å². The number of rotatable bonds is 3. The molecule has 0 aliphatic heterocycles. The van der Waals surface area contributed by atoms with Crippen LogP contribution in [0.2, 0.25) is 0 Å². The van der Waals surface area contributed by atoms with Gasteiger partial charge in [0, 0.05) is 12.4 Å². The normalized spacial score (nSPS) is 26.4. The van der Waals surface area contributed by atoms with Crippen molar-refractivity contribution in [1.82, 2.24) is 4.98 Å². The Morgan fingerprint density at radius 2 is 1.95 bits per heavy atom. The summed E-state index contributed by atoms with van der Waals surface area (Å²) in [5.74, 6) is 0.280. The highest BCUT2D eigenvalue weighted by Crippen LogP contribution is 2.43. The molecule has 20 heavy (non-hydrogen) atoms. The van der Waals surface area contributed by atoms with Crippen molar-refractivity contribution in [1.29, 1.82) is 0 Å². The minimum atomic E-state index is -0.685. The maximum atomic E-state index is 11.2. The van der Waals surface area contributed by atoms with E-state index in [1.807, 2.05) is 30.5 Å². The van der Waals surface area contributed by atoms with E-state index in [2.05, 4.69) is 23.2 Å². The lowest BCUT2D eigenvalue weighted by Crippen LogP contribution is -2.39. The highest BCUT2D eigenvalue weighted by Gasteiger charge is 2.40. The number of aliphatic hydroxyl groups is 1. The molecule has 0 saturated heterocycles. The molecular weight excluding hydrogens is 246 g/mol. The molecule has 1 saturated carbocycles. The van der Waals surface area contributed by atoms with Crippen molar-refractivity contribution < 1.29 is 5.11 Å². The van der Waals surface area contributed by atoms with Gasteiger partial charge in [0.15, 0.2) is 0 Å². The van der Waals surface area contributed by atoms with Crippen LogP contribution in [0.1, 0.15) is 36.8 Å². The molecule has 1 N–H and O–H groups in total. The third-order valence-electron chi connectivity index (χ3n) is 4.51. The molecule has 104 valence electrons. The molecule has 1 heterocycles. The molecular formula is C18H21NO. The second-order valence-electron chi connectivity index (χ2n) is 5.80. The number of aromatic nitrogens is 1. The molecule has 1 aromatic carbocycles. The van der Waals surface area contributed by atoms with Gasteiger partial charge in [-0.2, -0.15) is 0 Å². The smallest absolute Gasteiger partial charge is 0.0927 e. The minimum Gasteiger partial charge on any atom is -0.385 e. The summed E-state index contributed by atoms with van der Waals surface area (Å²) in [6, 6.07) is 14.2. The fraction of sp³-hybridized carbons (Fsp3) is 0.389. The van der Waals surface area contributed by atoms with Gasteiger partial charge in [0.1, 0.15) is 0 Å². The van der Waals surface area contributed by atoms with Crippen LogP contribution in [0.15, 0.2) is 54.9 Å². The second kappa shape index (κ2) is 5.76. The van der Waals surface area contributed by atoms with E-state index in [4.69, 9.17) is 0 Å². The van der Waals surface area contributed by atoms with Crippen molar-refractivity contribution in [2.75, 3.05) is 0 Å². The van der Waals surface area contributed by atoms with Crippen LogP contribution in [0.3, 0.4) is 0 Å². The summed E-state index contributed by atoms with van der Waals surface area (Å²) in [7, 11) is 0. The van der Waals surface area contributed by atoms with E-state index in [0.29, 0.717) is 0 Å². The summed E-state index contributed by atoms with van der Waals surface area (Å²) >= 11 is 0. The number of benzene rings is 1. The summed E-state index contributed by atoms with van der Waals surface area (Å²) in [6.45, 7) is 0. The molecule has 1 aliphatic rings. The van der Waals surface area contributed by atoms with Crippen molar-refractivity contribution in [2.45, 2.75) is 37.7 Å². The highest BCUT2D eigenvalue weighted by atomic mass is 16.3. The van der Waals surface area contributed by atoms with Crippen LogP contribution in [0, 0.1) is 5.92 Å². The third-order valence-corrected chi connectivity index (χ3v) is 4.51. The Hall–Kier alpha value is -1.67. The Bertz CT molecular complexity index is 540. The fourth-order valence-corrected chi connectivity index (χ4v) is 3.41. The van der Waals surface area contributed by atoms with Crippen molar-refractivity contribution in [3.8, 4) is 0 Å². The average Bonchev–Trinajstić information content (AvgIpc) is 2.52. The lowest BCUT2D eigenvalue weighted by atomic mass is 9.69. The largest absolute Gasteiger partial charge is 0.385 e. The Morgan fingerprint density at radius 1 is 1.10 bits per heavy atom. The molecule has 1 aromatic heterocycles. The summed E-state index contributed by atoms with van der Waals surface area (Å²) < 4.78 is 0. The van der Waals surface area contributed by atoms with Gasteiger partial charge in [0.25, 0.3) is 0 Å². The lowest BCUT2D eigenvalue weighted by molar-refractivity contribution is -0.0542.